The summed E-state index contributed by atoms with van der Waals surface area (Å²) < 4.78 is 21.3. The van der Waals surface area contributed by atoms with E-state index in [4.69, 9.17) is 5.14 Å². The first-order chi connectivity index (χ1) is 7.19. The Balaban J connectivity index is 3.90. The highest BCUT2D eigenvalue weighted by Crippen LogP contribution is 2.01. The first-order valence-corrected chi connectivity index (χ1v) is 6.94. The molecule has 0 bridgehead atoms. The molecule has 6 nitrogen and oxygen atoms in total. The average Bonchev–Trinajstić information content (AvgIpc) is 2.10. The molecule has 0 saturated carbocycles. The number of amides is 1. The van der Waals surface area contributed by atoms with Crippen molar-refractivity contribution in [1.82, 2.24) is 10.6 Å². The molecule has 0 saturated heterocycles. The van der Waals surface area contributed by atoms with Crippen molar-refractivity contribution in [2.75, 3.05) is 18.8 Å². The first kappa shape index (κ1) is 15.3. The Hall–Kier alpha value is -0.660. The molecule has 0 spiro atoms. The first-order valence-electron chi connectivity index (χ1n) is 5.23. The quantitative estimate of drug-likeness (QED) is 0.514. The van der Waals surface area contributed by atoms with Crippen LogP contribution in [0.4, 0.5) is 0 Å². The molecule has 1 amide bonds. The molecule has 96 valence electrons. The largest absolute Gasteiger partial charge is 0.354 e. The third kappa shape index (κ3) is 6.76. The monoisotopic (exact) mass is 251 g/mol. The summed E-state index contributed by atoms with van der Waals surface area (Å²) in [4.78, 5) is 11.6. The molecule has 0 unspecified atom stereocenters. The van der Waals surface area contributed by atoms with Gasteiger partial charge in [0, 0.05) is 6.54 Å². The molecule has 0 fully saturated rings. The molecule has 0 radical (unpaired) electrons. The minimum Gasteiger partial charge on any atom is -0.354 e. The second-order valence-electron chi connectivity index (χ2n) is 4.13. The van der Waals surface area contributed by atoms with Crippen LogP contribution in [0.3, 0.4) is 0 Å². The van der Waals surface area contributed by atoms with Crippen LogP contribution in [-0.2, 0) is 14.8 Å². The fourth-order valence-electron chi connectivity index (χ4n) is 1.22. The van der Waals surface area contributed by atoms with E-state index in [1.807, 2.05) is 6.92 Å². The summed E-state index contributed by atoms with van der Waals surface area (Å²) in [6, 6.07) is 0. The Bertz CT molecular complexity index is 325. The molecule has 0 heterocycles. The van der Waals surface area contributed by atoms with E-state index in [0.29, 0.717) is 19.5 Å². The Kier molecular flexibility index (Phi) is 5.91. The second-order valence-corrected chi connectivity index (χ2v) is 5.87. The van der Waals surface area contributed by atoms with Gasteiger partial charge in [-0.15, -0.1) is 0 Å². The number of carbonyl (C=O) groups excluding carboxylic acids is 1. The van der Waals surface area contributed by atoms with E-state index in [1.165, 1.54) is 0 Å². The zero-order chi connectivity index (χ0) is 12.8. The third-order valence-electron chi connectivity index (χ3n) is 2.08. The normalized spacial score (nSPS) is 12.5. The van der Waals surface area contributed by atoms with Crippen LogP contribution >= 0.6 is 0 Å². The van der Waals surface area contributed by atoms with Crippen molar-refractivity contribution < 1.29 is 13.2 Å². The van der Waals surface area contributed by atoms with Crippen LogP contribution in [0.15, 0.2) is 0 Å². The van der Waals surface area contributed by atoms with Crippen LogP contribution in [0.1, 0.15) is 27.2 Å². The highest BCUT2D eigenvalue weighted by atomic mass is 32.2. The van der Waals surface area contributed by atoms with Crippen LogP contribution in [0.2, 0.25) is 0 Å². The molecule has 0 aliphatic carbocycles. The maximum Gasteiger partial charge on any atom is 0.239 e. The molecule has 0 aromatic carbocycles. The summed E-state index contributed by atoms with van der Waals surface area (Å²) in [5.74, 6) is -0.265. The standard InChI is InChI=1S/C9H21N3O3S/c1-4-12-9(2,3)8(13)11-6-5-7-16(10,14)15/h12H,4-7H2,1-3H3,(H,11,13)(H2,10,14,15). The predicted octanol–water partition coefficient (Wildman–Crippen LogP) is -0.831. The van der Waals surface area contributed by atoms with Gasteiger partial charge in [-0.2, -0.15) is 0 Å². The van der Waals surface area contributed by atoms with Gasteiger partial charge in [-0.25, -0.2) is 13.6 Å². The molecule has 7 heteroatoms. The summed E-state index contributed by atoms with van der Waals surface area (Å²) >= 11 is 0. The van der Waals surface area contributed by atoms with Crippen molar-refractivity contribution in [2.24, 2.45) is 5.14 Å². The van der Waals surface area contributed by atoms with Crippen molar-refractivity contribution in [3.05, 3.63) is 0 Å². The van der Waals surface area contributed by atoms with Gasteiger partial charge in [-0.1, -0.05) is 6.92 Å². The molecule has 4 N–H and O–H groups in total. The lowest BCUT2D eigenvalue weighted by Crippen LogP contribution is -2.52. The highest BCUT2D eigenvalue weighted by molar-refractivity contribution is 7.89. The van der Waals surface area contributed by atoms with Gasteiger partial charge < -0.3 is 10.6 Å². The fraction of sp³-hybridized carbons (Fsp3) is 0.889. The fourth-order valence-corrected chi connectivity index (χ4v) is 1.77. The Morgan fingerprint density at radius 1 is 1.38 bits per heavy atom. The van der Waals surface area contributed by atoms with E-state index in [2.05, 4.69) is 10.6 Å². The topological polar surface area (TPSA) is 101 Å². The number of primary sulfonamides is 1. The Morgan fingerprint density at radius 2 is 1.94 bits per heavy atom. The van der Waals surface area contributed by atoms with Crippen LogP contribution in [0.25, 0.3) is 0 Å². The molecular formula is C9H21N3O3S. The van der Waals surface area contributed by atoms with Gasteiger partial charge in [-0.05, 0) is 26.8 Å². The van der Waals surface area contributed by atoms with Crippen LogP contribution < -0.4 is 15.8 Å². The smallest absolute Gasteiger partial charge is 0.239 e. The second kappa shape index (κ2) is 6.17. The zero-order valence-corrected chi connectivity index (χ0v) is 10.9. The van der Waals surface area contributed by atoms with Gasteiger partial charge in [-0.3, -0.25) is 4.79 Å². The van der Waals surface area contributed by atoms with Crippen molar-refractivity contribution in [3.63, 3.8) is 0 Å². The average molecular weight is 251 g/mol. The van der Waals surface area contributed by atoms with Gasteiger partial charge in [0.1, 0.15) is 0 Å². The predicted molar refractivity (Wildman–Crippen MR) is 63.4 cm³/mol. The summed E-state index contributed by atoms with van der Waals surface area (Å²) in [5.41, 5.74) is -0.643. The van der Waals surface area contributed by atoms with Crippen LogP contribution in [0, 0.1) is 0 Å². The van der Waals surface area contributed by atoms with E-state index < -0.39 is 15.6 Å². The van der Waals surface area contributed by atoms with E-state index in [-0.39, 0.29) is 11.7 Å². The molecule has 0 rings (SSSR count). The number of hydrogen-bond donors (Lipinski definition) is 3. The molecule has 16 heavy (non-hydrogen) atoms. The summed E-state index contributed by atoms with van der Waals surface area (Å²) in [7, 11) is -3.43. The lowest BCUT2D eigenvalue weighted by atomic mass is 10.0. The zero-order valence-electron chi connectivity index (χ0n) is 10.0. The maximum atomic E-state index is 11.6. The van der Waals surface area contributed by atoms with Gasteiger partial charge in [0.25, 0.3) is 0 Å². The summed E-state index contributed by atoms with van der Waals surface area (Å²) in [5, 5.41) is 10.5. The number of hydrogen-bond acceptors (Lipinski definition) is 4. The number of rotatable bonds is 7. The van der Waals surface area contributed by atoms with Crippen LogP contribution in [0.5, 0.6) is 0 Å². The molecule has 0 atom stereocenters. The van der Waals surface area contributed by atoms with Gasteiger partial charge >= 0.3 is 0 Å². The third-order valence-corrected chi connectivity index (χ3v) is 2.94. The van der Waals surface area contributed by atoms with E-state index in [0.717, 1.165) is 0 Å². The van der Waals surface area contributed by atoms with Gasteiger partial charge in [0.05, 0.1) is 11.3 Å². The minimum atomic E-state index is -3.43. The molecule has 0 aliphatic heterocycles. The van der Waals surface area contributed by atoms with E-state index in [1.54, 1.807) is 13.8 Å². The van der Waals surface area contributed by atoms with Gasteiger partial charge in [0.2, 0.25) is 15.9 Å². The molecule has 0 aromatic heterocycles. The number of sulfonamides is 1. The van der Waals surface area contributed by atoms with E-state index >= 15 is 0 Å². The lowest BCUT2D eigenvalue weighted by Gasteiger charge is -2.24. The highest BCUT2D eigenvalue weighted by Gasteiger charge is 2.25. The van der Waals surface area contributed by atoms with Crippen molar-refractivity contribution in [2.45, 2.75) is 32.7 Å². The number of carbonyl (C=O) groups is 1. The summed E-state index contributed by atoms with van der Waals surface area (Å²) in [6.07, 6.45) is 0.326. The van der Waals surface area contributed by atoms with Crippen LogP contribution in [-0.4, -0.2) is 38.7 Å². The molecule has 0 aromatic rings. The minimum absolute atomic E-state index is 0.116. The van der Waals surface area contributed by atoms with Crippen molar-refractivity contribution >= 4 is 15.9 Å². The Morgan fingerprint density at radius 3 is 2.38 bits per heavy atom. The van der Waals surface area contributed by atoms with Crippen molar-refractivity contribution in [3.8, 4) is 0 Å². The van der Waals surface area contributed by atoms with Crippen molar-refractivity contribution in [1.29, 1.82) is 0 Å². The lowest BCUT2D eigenvalue weighted by molar-refractivity contribution is -0.126. The number of likely N-dealkylation sites (N-methyl/N-ethyl adjacent to an activating group) is 1. The number of nitrogens with two attached hydrogens (primary N) is 1. The maximum absolute atomic E-state index is 11.6. The molecule has 0 aliphatic rings. The van der Waals surface area contributed by atoms with Gasteiger partial charge in [0.15, 0.2) is 0 Å². The molecular weight excluding hydrogens is 230 g/mol. The number of nitrogens with one attached hydrogen (secondary N) is 2. The summed E-state index contributed by atoms with van der Waals surface area (Å²) in [6.45, 7) is 6.45. The SMILES string of the molecule is CCNC(C)(C)C(=O)NCCCS(N)(=O)=O. The Labute approximate surface area is 97.0 Å². The van der Waals surface area contributed by atoms with E-state index in [9.17, 15) is 13.2 Å².